The highest BCUT2D eigenvalue weighted by Gasteiger charge is 2.16. The van der Waals surface area contributed by atoms with E-state index in [4.69, 9.17) is 0 Å². The topological polar surface area (TPSA) is 32.7 Å². The van der Waals surface area contributed by atoms with Gasteiger partial charge in [0, 0.05) is 17.6 Å². The first-order valence-corrected chi connectivity index (χ1v) is 6.34. The second-order valence-electron chi connectivity index (χ2n) is 5.03. The van der Waals surface area contributed by atoms with E-state index in [-0.39, 0.29) is 18.0 Å². The maximum absolute atomic E-state index is 12.3. The van der Waals surface area contributed by atoms with Gasteiger partial charge in [0.25, 0.3) is 5.91 Å². The van der Waals surface area contributed by atoms with Gasteiger partial charge >= 0.3 is 0 Å². The van der Waals surface area contributed by atoms with Crippen molar-refractivity contribution in [2.75, 3.05) is 0 Å². The van der Waals surface area contributed by atoms with Crippen LogP contribution in [0, 0.1) is 6.92 Å². The zero-order valence-corrected chi connectivity index (χ0v) is 11.8. The minimum Gasteiger partial charge on any atom is -0.297 e. The van der Waals surface area contributed by atoms with Crippen LogP contribution >= 0.6 is 0 Å². The molecule has 0 saturated heterocycles. The first-order chi connectivity index (χ1) is 8.41. The van der Waals surface area contributed by atoms with Crippen molar-refractivity contribution < 1.29 is 4.79 Å². The maximum atomic E-state index is 12.3. The summed E-state index contributed by atoms with van der Waals surface area (Å²) in [5.74, 6) is -0.00519. The van der Waals surface area contributed by atoms with Gasteiger partial charge in [-0.15, -0.1) is 0 Å². The lowest BCUT2D eigenvalue weighted by molar-refractivity contribution is 0.0824. The molecule has 1 aromatic rings. The zero-order chi connectivity index (χ0) is 13.7. The third kappa shape index (κ3) is 3.99. The maximum Gasteiger partial charge on any atom is 0.259 e. The van der Waals surface area contributed by atoms with E-state index in [0.29, 0.717) is 5.56 Å². The molecule has 0 fully saturated rings. The Morgan fingerprint density at radius 2 is 1.72 bits per heavy atom. The first kappa shape index (κ1) is 14.4. The number of nitrogens with zero attached hydrogens (tertiary/aromatic N) is 2. The number of rotatable bonds is 4. The molecule has 0 aliphatic heterocycles. The minimum absolute atomic E-state index is 0.00519. The average molecular weight is 246 g/mol. The van der Waals surface area contributed by atoms with E-state index in [1.54, 1.807) is 11.2 Å². The van der Waals surface area contributed by atoms with Crippen LogP contribution in [0.4, 0.5) is 0 Å². The van der Waals surface area contributed by atoms with Crippen LogP contribution in [0.3, 0.4) is 0 Å². The van der Waals surface area contributed by atoms with Crippen LogP contribution in [0.5, 0.6) is 0 Å². The monoisotopic (exact) mass is 246 g/mol. The molecule has 0 saturated carbocycles. The van der Waals surface area contributed by atoms with Crippen LogP contribution in [0.15, 0.2) is 29.3 Å². The van der Waals surface area contributed by atoms with E-state index in [1.807, 2.05) is 58.9 Å². The molecule has 3 heteroatoms. The fraction of sp³-hybridized carbons (Fsp3) is 0.467. The summed E-state index contributed by atoms with van der Waals surface area (Å²) in [4.78, 5) is 18.3. The largest absolute Gasteiger partial charge is 0.297 e. The molecular weight excluding hydrogens is 224 g/mol. The number of hydrogen-bond donors (Lipinski definition) is 0. The summed E-state index contributed by atoms with van der Waals surface area (Å²) in [7, 11) is 0. The molecule has 1 aromatic carbocycles. The normalized spacial score (nSPS) is 11.5. The second-order valence-corrected chi connectivity index (χ2v) is 5.03. The molecule has 18 heavy (non-hydrogen) atoms. The summed E-state index contributed by atoms with van der Waals surface area (Å²) in [5, 5.41) is 0. The Morgan fingerprint density at radius 3 is 2.17 bits per heavy atom. The Morgan fingerprint density at radius 1 is 1.17 bits per heavy atom. The smallest absolute Gasteiger partial charge is 0.259 e. The predicted molar refractivity (Wildman–Crippen MR) is 76.1 cm³/mol. The van der Waals surface area contributed by atoms with E-state index >= 15 is 0 Å². The minimum atomic E-state index is -0.00519. The Kier molecular flexibility index (Phi) is 5.08. The van der Waals surface area contributed by atoms with Gasteiger partial charge in [-0.05, 0) is 46.8 Å². The summed E-state index contributed by atoms with van der Waals surface area (Å²) < 4.78 is 0. The Labute approximate surface area is 110 Å². The van der Waals surface area contributed by atoms with Crippen LogP contribution < -0.4 is 0 Å². The van der Waals surface area contributed by atoms with Gasteiger partial charge < -0.3 is 0 Å². The third-order valence-corrected chi connectivity index (χ3v) is 2.58. The Balaban J connectivity index is 2.92. The molecule has 0 aromatic heterocycles. The SMILES string of the molecule is Cc1ccc(C(=O)N(C=NC(C)C)C(C)C)cc1. The zero-order valence-electron chi connectivity index (χ0n) is 11.8. The van der Waals surface area contributed by atoms with Gasteiger partial charge in [-0.1, -0.05) is 17.7 Å². The number of benzene rings is 1. The standard InChI is InChI=1S/C15H22N2O/c1-11(2)16-10-17(12(3)4)15(18)14-8-6-13(5)7-9-14/h6-12H,1-5H3. The number of hydrogen-bond acceptors (Lipinski definition) is 2. The van der Waals surface area contributed by atoms with E-state index in [0.717, 1.165) is 5.56 Å². The van der Waals surface area contributed by atoms with Crippen molar-refractivity contribution in [2.45, 2.75) is 46.7 Å². The van der Waals surface area contributed by atoms with Crippen molar-refractivity contribution in [3.05, 3.63) is 35.4 Å². The van der Waals surface area contributed by atoms with Crippen molar-refractivity contribution in [3.63, 3.8) is 0 Å². The van der Waals surface area contributed by atoms with E-state index in [2.05, 4.69) is 4.99 Å². The van der Waals surface area contributed by atoms with Crippen molar-refractivity contribution in [2.24, 2.45) is 4.99 Å². The van der Waals surface area contributed by atoms with Gasteiger partial charge in [0.2, 0.25) is 0 Å². The van der Waals surface area contributed by atoms with Crippen LogP contribution in [0.25, 0.3) is 0 Å². The molecule has 0 heterocycles. The Hall–Kier alpha value is -1.64. The molecule has 0 spiro atoms. The van der Waals surface area contributed by atoms with E-state index in [1.165, 1.54) is 0 Å². The van der Waals surface area contributed by atoms with Crippen molar-refractivity contribution in [3.8, 4) is 0 Å². The molecule has 0 aliphatic rings. The molecule has 3 nitrogen and oxygen atoms in total. The predicted octanol–water partition coefficient (Wildman–Crippen LogP) is 3.28. The van der Waals surface area contributed by atoms with Crippen LogP contribution in [-0.4, -0.2) is 29.2 Å². The number of aryl methyl sites for hydroxylation is 1. The van der Waals surface area contributed by atoms with E-state index < -0.39 is 0 Å². The van der Waals surface area contributed by atoms with Crippen LogP contribution in [0.1, 0.15) is 43.6 Å². The van der Waals surface area contributed by atoms with E-state index in [9.17, 15) is 4.79 Å². The fourth-order valence-corrected chi connectivity index (χ4v) is 1.47. The number of aliphatic imine (C=N–C) groups is 1. The summed E-state index contributed by atoms with van der Waals surface area (Å²) >= 11 is 0. The van der Waals surface area contributed by atoms with Gasteiger partial charge in [-0.3, -0.25) is 14.7 Å². The molecule has 0 unspecified atom stereocenters. The van der Waals surface area contributed by atoms with Crippen molar-refractivity contribution >= 4 is 12.2 Å². The van der Waals surface area contributed by atoms with Gasteiger partial charge in [-0.2, -0.15) is 0 Å². The van der Waals surface area contributed by atoms with Crippen LogP contribution in [0.2, 0.25) is 0 Å². The highest BCUT2D eigenvalue weighted by molar-refractivity contribution is 6.00. The molecule has 0 aliphatic carbocycles. The molecule has 98 valence electrons. The van der Waals surface area contributed by atoms with Crippen molar-refractivity contribution in [1.82, 2.24) is 4.90 Å². The summed E-state index contributed by atoms with van der Waals surface area (Å²) in [6, 6.07) is 7.90. The number of carbonyl (C=O) groups excluding carboxylic acids is 1. The average Bonchev–Trinajstić information content (AvgIpc) is 2.29. The van der Waals surface area contributed by atoms with Crippen LogP contribution in [-0.2, 0) is 0 Å². The highest BCUT2D eigenvalue weighted by Crippen LogP contribution is 2.09. The lowest BCUT2D eigenvalue weighted by Gasteiger charge is -2.22. The van der Waals surface area contributed by atoms with Crippen molar-refractivity contribution in [1.29, 1.82) is 0 Å². The highest BCUT2D eigenvalue weighted by atomic mass is 16.2. The molecule has 0 atom stereocenters. The molecule has 0 N–H and O–H groups in total. The molecule has 1 rings (SSSR count). The molecular formula is C15H22N2O. The lowest BCUT2D eigenvalue weighted by atomic mass is 10.1. The van der Waals surface area contributed by atoms with Gasteiger partial charge in [0.05, 0.1) is 6.34 Å². The molecule has 0 bridgehead atoms. The second kappa shape index (κ2) is 6.34. The van der Waals surface area contributed by atoms with Gasteiger partial charge in [0.1, 0.15) is 0 Å². The number of carbonyl (C=O) groups is 1. The van der Waals surface area contributed by atoms with Gasteiger partial charge in [0.15, 0.2) is 0 Å². The quantitative estimate of drug-likeness (QED) is 0.592. The summed E-state index contributed by atoms with van der Waals surface area (Å²) in [6.45, 7) is 9.96. The van der Waals surface area contributed by atoms with Gasteiger partial charge in [-0.25, -0.2) is 0 Å². The summed E-state index contributed by atoms with van der Waals surface area (Å²) in [6.07, 6.45) is 1.65. The lowest BCUT2D eigenvalue weighted by Crippen LogP contribution is -2.36. The third-order valence-electron chi connectivity index (χ3n) is 2.58. The summed E-state index contributed by atoms with van der Waals surface area (Å²) in [5.41, 5.74) is 1.85. The Bertz CT molecular complexity index is 419. The first-order valence-electron chi connectivity index (χ1n) is 6.34. The number of amides is 1. The molecule has 0 radical (unpaired) electrons. The molecule has 1 amide bonds. The fourth-order valence-electron chi connectivity index (χ4n) is 1.47.